The maximum absolute atomic E-state index is 12.5. The Bertz CT molecular complexity index is 549. The van der Waals surface area contributed by atoms with Crippen LogP contribution < -0.4 is 5.32 Å². The number of rotatable bonds is 4. The van der Waals surface area contributed by atoms with Crippen LogP contribution in [0.1, 0.15) is 57.7 Å². The molecule has 1 N–H and O–H groups in total. The summed E-state index contributed by atoms with van der Waals surface area (Å²) in [7, 11) is 0. The zero-order chi connectivity index (χ0) is 17.0. The van der Waals surface area contributed by atoms with E-state index in [2.05, 4.69) is 37.4 Å². The Morgan fingerprint density at radius 2 is 2.04 bits per heavy atom. The van der Waals surface area contributed by atoms with Gasteiger partial charge in [-0.15, -0.1) is 0 Å². The zero-order valence-electron chi connectivity index (χ0n) is 15.1. The quantitative estimate of drug-likeness (QED) is 0.916. The van der Waals surface area contributed by atoms with Crippen LogP contribution in [0.3, 0.4) is 0 Å². The number of hydrogen-bond acceptors (Lipinski definition) is 3. The van der Waals surface area contributed by atoms with E-state index in [1.165, 1.54) is 16.7 Å². The van der Waals surface area contributed by atoms with Crippen molar-refractivity contribution >= 4 is 6.09 Å². The fourth-order valence-corrected chi connectivity index (χ4v) is 2.98. The molecule has 4 heteroatoms. The highest BCUT2D eigenvalue weighted by Gasteiger charge is 2.31. The molecule has 0 fully saturated rings. The van der Waals surface area contributed by atoms with Gasteiger partial charge < -0.3 is 15.0 Å². The second-order valence-corrected chi connectivity index (χ2v) is 7.26. The lowest BCUT2D eigenvalue weighted by Gasteiger charge is -2.37. The van der Waals surface area contributed by atoms with Gasteiger partial charge in [-0.3, -0.25) is 0 Å². The lowest BCUT2D eigenvalue weighted by molar-refractivity contribution is 0.0115. The normalized spacial score (nSPS) is 17.8. The molecule has 1 heterocycles. The molecule has 0 bridgehead atoms. The van der Waals surface area contributed by atoms with E-state index in [9.17, 15) is 4.79 Å². The minimum Gasteiger partial charge on any atom is -0.444 e. The van der Waals surface area contributed by atoms with E-state index in [1.807, 2.05) is 25.7 Å². The molecule has 1 amide bonds. The third-order valence-electron chi connectivity index (χ3n) is 4.19. The number of benzene rings is 1. The molecule has 1 unspecified atom stereocenters. The molecule has 4 nitrogen and oxygen atoms in total. The van der Waals surface area contributed by atoms with E-state index < -0.39 is 5.60 Å². The first-order chi connectivity index (χ1) is 10.8. The molecule has 2 rings (SSSR count). The van der Waals surface area contributed by atoms with Gasteiger partial charge in [-0.05, 0) is 56.8 Å². The number of amides is 1. The number of hydrogen-bond donors (Lipinski definition) is 1. The van der Waals surface area contributed by atoms with Crippen molar-refractivity contribution in [3.63, 3.8) is 0 Å². The second-order valence-electron chi connectivity index (χ2n) is 7.26. The minimum atomic E-state index is -0.453. The summed E-state index contributed by atoms with van der Waals surface area (Å²) in [6.45, 7) is 12.5. The highest BCUT2D eigenvalue weighted by Crippen LogP contribution is 2.27. The van der Waals surface area contributed by atoms with Crippen molar-refractivity contribution in [2.24, 2.45) is 0 Å². The largest absolute Gasteiger partial charge is 0.444 e. The van der Waals surface area contributed by atoms with Crippen LogP contribution in [0.25, 0.3) is 0 Å². The maximum atomic E-state index is 12.5. The van der Waals surface area contributed by atoms with E-state index in [0.29, 0.717) is 6.54 Å². The molecule has 0 aliphatic carbocycles. The van der Waals surface area contributed by atoms with Crippen LogP contribution in [-0.4, -0.2) is 29.2 Å². The summed E-state index contributed by atoms with van der Waals surface area (Å²) in [5.41, 5.74) is 3.46. The van der Waals surface area contributed by atoms with Crippen LogP contribution in [0.4, 0.5) is 4.79 Å². The first-order valence-corrected chi connectivity index (χ1v) is 8.65. The number of nitrogens with one attached hydrogen (secondary N) is 1. The van der Waals surface area contributed by atoms with Gasteiger partial charge in [0, 0.05) is 19.1 Å². The van der Waals surface area contributed by atoms with E-state index in [1.54, 1.807) is 0 Å². The Labute approximate surface area is 140 Å². The molecular weight excluding hydrogens is 288 g/mol. The maximum Gasteiger partial charge on any atom is 0.410 e. The molecule has 23 heavy (non-hydrogen) atoms. The number of fused-ring (bicyclic) bond motifs is 1. The summed E-state index contributed by atoms with van der Waals surface area (Å²) in [5.74, 6) is 0. The van der Waals surface area contributed by atoms with E-state index in [4.69, 9.17) is 4.74 Å². The Morgan fingerprint density at radius 1 is 1.30 bits per heavy atom. The molecule has 0 saturated carbocycles. The van der Waals surface area contributed by atoms with Gasteiger partial charge in [-0.1, -0.05) is 32.0 Å². The molecule has 1 aromatic rings. The molecule has 0 aromatic heterocycles. The first-order valence-electron chi connectivity index (χ1n) is 8.65. The van der Waals surface area contributed by atoms with Crippen molar-refractivity contribution < 1.29 is 9.53 Å². The highest BCUT2D eigenvalue weighted by atomic mass is 16.6. The first kappa shape index (κ1) is 17.8. The van der Waals surface area contributed by atoms with Crippen molar-refractivity contribution in [1.82, 2.24) is 10.2 Å². The molecule has 0 saturated heterocycles. The predicted molar refractivity (Wildman–Crippen MR) is 93.4 cm³/mol. The number of ether oxygens (including phenoxy) is 1. The van der Waals surface area contributed by atoms with Crippen LogP contribution >= 0.6 is 0 Å². The van der Waals surface area contributed by atoms with Crippen molar-refractivity contribution in [2.45, 2.75) is 72.2 Å². The molecule has 128 valence electrons. The van der Waals surface area contributed by atoms with Crippen LogP contribution in [0, 0.1) is 0 Å². The molecule has 0 radical (unpaired) electrons. The molecular formula is C19H30N2O2. The van der Waals surface area contributed by atoms with Gasteiger partial charge in [0.2, 0.25) is 0 Å². The number of nitrogens with zero attached hydrogens (tertiary/aromatic N) is 1. The van der Waals surface area contributed by atoms with Crippen molar-refractivity contribution in [2.75, 3.05) is 6.54 Å². The fourth-order valence-electron chi connectivity index (χ4n) is 2.98. The Balaban J connectivity index is 2.16. The van der Waals surface area contributed by atoms with E-state index in [-0.39, 0.29) is 12.1 Å². The third-order valence-corrected chi connectivity index (χ3v) is 4.19. The summed E-state index contributed by atoms with van der Waals surface area (Å²) in [5, 5.41) is 3.36. The monoisotopic (exact) mass is 318 g/mol. The van der Waals surface area contributed by atoms with Crippen LogP contribution in [0.2, 0.25) is 0 Å². The smallest absolute Gasteiger partial charge is 0.410 e. The summed E-state index contributed by atoms with van der Waals surface area (Å²) >= 11 is 0. The Kier molecular flexibility index (Phi) is 5.69. The number of carbonyl (C=O) groups excluding carboxylic acids is 1. The third kappa shape index (κ3) is 4.71. The van der Waals surface area contributed by atoms with Gasteiger partial charge >= 0.3 is 6.09 Å². The lowest BCUT2D eigenvalue weighted by Crippen LogP contribution is -2.46. The predicted octanol–water partition coefficient (Wildman–Crippen LogP) is 3.87. The van der Waals surface area contributed by atoms with Gasteiger partial charge in [0.05, 0.1) is 0 Å². The van der Waals surface area contributed by atoms with Gasteiger partial charge in [0.1, 0.15) is 5.60 Å². The molecule has 0 spiro atoms. The van der Waals surface area contributed by atoms with Gasteiger partial charge in [-0.25, -0.2) is 4.79 Å². The van der Waals surface area contributed by atoms with Crippen LogP contribution in [0.5, 0.6) is 0 Å². The average molecular weight is 318 g/mol. The van der Waals surface area contributed by atoms with E-state index >= 15 is 0 Å². The van der Waals surface area contributed by atoms with Gasteiger partial charge in [0.25, 0.3) is 0 Å². The van der Waals surface area contributed by atoms with Crippen molar-refractivity contribution in [1.29, 1.82) is 0 Å². The van der Waals surface area contributed by atoms with Crippen LogP contribution in [-0.2, 0) is 24.2 Å². The lowest BCUT2D eigenvalue weighted by atomic mass is 9.91. The molecule has 1 aliphatic heterocycles. The molecule has 1 atom stereocenters. The summed E-state index contributed by atoms with van der Waals surface area (Å²) in [6, 6.07) is 6.81. The van der Waals surface area contributed by atoms with Crippen molar-refractivity contribution in [3.05, 3.63) is 34.9 Å². The SMILES string of the molecule is CCNCc1ccc2c(c1)CC(CC)N(C(=O)OC(C)(C)C)C2. The van der Waals surface area contributed by atoms with Crippen molar-refractivity contribution in [3.8, 4) is 0 Å². The number of carbonyl (C=O) groups is 1. The highest BCUT2D eigenvalue weighted by molar-refractivity contribution is 5.69. The fraction of sp³-hybridized carbons (Fsp3) is 0.632. The summed E-state index contributed by atoms with van der Waals surface area (Å²) in [4.78, 5) is 14.4. The van der Waals surface area contributed by atoms with Crippen LogP contribution in [0.15, 0.2) is 18.2 Å². The summed E-state index contributed by atoms with van der Waals surface area (Å²) < 4.78 is 5.58. The van der Waals surface area contributed by atoms with E-state index in [0.717, 1.165) is 25.9 Å². The Morgan fingerprint density at radius 3 is 2.65 bits per heavy atom. The molecule has 1 aliphatic rings. The Hall–Kier alpha value is -1.55. The molecule has 1 aromatic carbocycles. The standard InChI is InChI=1S/C19H30N2O2/c1-6-17-11-16-10-14(12-20-7-2)8-9-15(16)13-21(17)18(22)23-19(3,4)5/h8-10,17,20H,6-7,11-13H2,1-5H3. The zero-order valence-corrected chi connectivity index (χ0v) is 15.1. The van der Waals surface area contributed by atoms with Gasteiger partial charge in [-0.2, -0.15) is 0 Å². The van der Waals surface area contributed by atoms with Gasteiger partial charge in [0.15, 0.2) is 0 Å². The second kappa shape index (κ2) is 7.35. The topological polar surface area (TPSA) is 41.6 Å². The summed E-state index contributed by atoms with van der Waals surface area (Å²) in [6.07, 6.45) is 1.65. The average Bonchev–Trinajstić information content (AvgIpc) is 2.49. The minimum absolute atomic E-state index is 0.202.